The number of oxime groups is 1. The van der Waals surface area contributed by atoms with Crippen molar-refractivity contribution in [3.05, 3.63) is 30.1 Å². The number of pyridine rings is 1. The quantitative estimate of drug-likeness (QED) is 0.192. The van der Waals surface area contributed by atoms with Crippen LogP contribution >= 0.6 is 0 Å². The van der Waals surface area contributed by atoms with Gasteiger partial charge >= 0.3 is 11.9 Å². The van der Waals surface area contributed by atoms with E-state index in [1.807, 2.05) is 39.0 Å². The number of hydrogen-bond donors (Lipinski definition) is 1. The summed E-state index contributed by atoms with van der Waals surface area (Å²) in [6.45, 7) is 5.43. The minimum absolute atomic E-state index is 0.0174. The van der Waals surface area contributed by atoms with Crippen LogP contribution in [0, 0.1) is 11.8 Å². The van der Waals surface area contributed by atoms with Gasteiger partial charge in [0.15, 0.2) is 0 Å². The first-order valence-electron chi connectivity index (χ1n) is 11.4. The van der Waals surface area contributed by atoms with E-state index in [0.717, 1.165) is 24.5 Å². The largest absolute Gasteiger partial charge is 0.460 e. The Morgan fingerprint density at radius 1 is 1.23 bits per heavy atom. The number of rotatable bonds is 10. The molecule has 7 nitrogen and oxygen atoms in total. The van der Waals surface area contributed by atoms with Crippen LogP contribution in [0.3, 0.4) is 0 Å². The Morgan fingerprint density at radius 2 is 1.97 bits per heavy atom. The van der Waals surface area contributed by atoms with Gasteiger partial charge in [-0.2, -0.15) is 0 Å². The highest BCUT2D eigenvalue weighted by Gasteiger charge is 2.27. The summed E-state index contributed by atoms with van der Waals surface area (Å²) in [4.78, 5) is 34.3. The van der Waals surface area contributed by atoms with Crippen molar-refractivity contribution in [3.63, 3.8) is 0 Å². The van der Waals surface area contributed by atoms with E-state index >= 15 is 0 Å². The summed E-state index contributed by atoms with van der Waals surface area (Å²) in [5.74, 6) is -0.662. The minimum atomic E-state index is -0.598. The number of carbonyl (C=O) groups is 2. The van der Waals surface area contributed by atoms with Gasteiger partial charge in [0.1, 0.15) is 11.4 Å². The summed E-state index contributed by atoms with van der Waals surface area (Å²) >= 11 is 0. The van der Waals surface area contributed by atoms with E-state index in [9.17, 15) is 9.59 Å². The van der Waals surface area contributed by atoms with Crippen LogP contribution in [-0.2, 0) is 25.6 Å². The molecular weight excluding hydrogens is 394 g/mol. The highest BCUT2D eigenvalue weighted by Crippen LogP contribution is 2.29. The maximum absolute atomic E-state index is 12.7. The number of esters is 1. The van der Waals surface area contributed by atoms with Crippen LogP contribution in [0.2, 0.25) is 0 Å². The summed E-state index contributed by atoms with van der Waals surface area (Å²) in [5, 5.41) is 3.77. The van der Waals surface area contributed by atoms with Gasteiger partial charge in [-0.05, 0) is 45.2 Å². The monoisotopic (exact) mass is 431 g/mol. The standard InChI is InChI=1S/C24H37N3O4/c1-24(2,3)30-22(28)16-19(13-9-12-18-10-5-4-6-11-18)23(29)31-27-21(25)17-20-14-7-8-15-26-20/h7-8,14-15,18-19H,4-6,9-13,16-17H2,1-3H3,(H2,25,27)/t19-/m0/s1. The van der Waals surface area contributed by atoms with Crippen molar-refractivity contribution in [3.8, 4) is 0 Å². The number of ether oxygens (including phenoxy) is 1. The molecule has 0 saturated heterocycles. The number of amidine groups is 1. The maximum Gasteiger partial charge on any atom is 0.338 e. The summed E-state index contributed by atoms with van der Waals surface area (Å²) < 4.78 is 5.40. The van der Waals surface area contributed by atoms with Crippen LogP contribution in [0.1, 0.15) is 84.3 Å². The molecule has 1 fully saturated rings. The van der Waals surface area contributed by atoms with E-state index in [1.54, 1.807) is 6.20 Å². The Balaban J connectivity index is 1.91. The van der Waals surface area contributed by atoms with Gasteiger partial charge in [-0.1, -0.05) is 56.2 Å². The molecule has 0 aliphatic heterocycles. The number of carbonyl (C=O) groups excluding carboxylic acids is 2. The number of hydrogen-bond acceptors (Lipinski definition) is 6. The van der Waals surface area contributed by atoms with Crippen molar-refractivity contribution in [2.75, 3.05) is 0 Å². The molecule has 0 aromatic carbocycles. The second kappa shape index (κ2) is 12.4. The van der Waals surface area contributed by atoms with Crippen molar-refractivity contribution in [1.82, 2.24) is 4.98 Å². The Bertz CT molecular complexity index is 722. The van der Waals surface area contributed by atoms with Crippen LogP contribution in [0.4, 0.5) is 0 Å². The highest BCUT2D eigenvalue weighted by atomic mass is 16.7. The Hall–Kier alpha value is -2.44. The molecule has 2 N–H and O–H groups in total. The van der Waals surface area contributed by atoms with Gasteiger partial charge in [0.05, 0.1) is 18.8 Å². The molecule has 2 rings (SSSR count). The molecule has 172 valence electrons. The topological polar surface area (TPSA) is 104 Å². The smallest absolute Gasteiger partial charge is 0.338 e. The SMILES string of the molecule is CC(C)(C)OC(=O)C[C@H](CCCC1CCCCC1)C(=O)O/N=C(\N)Cc1ccccn1. The summed E-state index contributed by atoms with van der Waals surface area (Å²) in [5.41, 5.74) is 6.01. The van der Waals surface area contributed by atoms with Gasteiger partial charge < -0.3 is 15.3 Å². The van der Waals surface area contributed by atoms with Gasteiger partial charge in [-0.3, -0.25) is 9.78 Å². The average Bonchev–Trinajstić information content (AvgIpc) is 2.71. The number of aromatic nitrogens is 1. The van der Waals surface area contributed by atoms with E-state index < -0.39 is 23.5 Å². The van der Waals surface area contributed by atoms with Crippen molar-refractivity contribution in [1.29, 1.82) is 0 Å². The van der Waals surface area contributed by atoms with Crippen molar-refractivity contribution >= 4 is 17.8 Å². The molecule has 0 spiro atoms. The van der Waals surface area contributed by atoms with Gasteiger partial charge in [-0.25, -0.2) is 4.79 Å². The molecule has 1 aliphatic carbocycles. The molecule has 0 bridgehead atoms. The zero-order valence-corrected chi connectivity index (χ0v) is 19.1. The van der Waals surface area contributed by atoms with E-state index in [2.05, 4.69) is 10.1 Å². The predicted molar refractivity (Wildman–Crippen MR) is 120 cm³/mol. The molecule has 1 aromatic heterocycles. The maximum atomic E-state index is 12.7. The molecule has 1 saturated carbocycles. The molecule has 1 atom stereocenters. The van der Waals surface area contributed by atoms with E-state index in [-0.39, 0.29) is 18.7 Å². The van der Waals surface area contributed by atoms with E-state index in [0.29, 0.717) is 6.42 Å². The Labute approximate surface area is 185 Å². The first-order valence-corrected chi connectivity index (χ1v) is 11.4. The Morgan fingerprint density at radius 3 is 2.61 bits per heavy atom. The fourth-order valence-electron chi connectivity index (χ4n) is 3.92. The third-order valence-electron chi connectivity index (χ3n) is 5.40. The van der Waals surface area contributed by atoms with Crippen molar-refractivity contribution in [2.24, 2.45) is 22.7 Å². The molecule has 0 radical (unpaired) electrons. The van der Waals surface area contributed by atoms with Crippen LogP contribution < -0.4 is 5.73 Å². The van der Waals surface area contributed by atoms with Crippen molar-refractivity contribution in [2.45, 2.75) is 90.6 Å². The van der Waals surface area contributed by atoms with Gasteiger partial charge in [0.2, 0.25) is 0 Å². The van der Waals surface area contributed by atoms with Crippen molar-refractivity contribution < 1.29 is 19.2 Å². The molecule has 0 amide bonds. The predicted octanol–water partition coefficient (Wildman–Crippen LogP) is 4.54. The normalized spacial score (nSPS) is 16.5. The second-order valence-corrected chi connectivity index (χ2v) is 9.41. The fourth-order valence-corrected chi connectivity index (χ4v) is 3.92. The van der Waals surface area contributed by atoms with Crippen LogP contribution in [0.15, 0.2) is 29.6 Å². The fraction of sp³-hybridized carbons (Fsp3) is 0.667. The molecule has 1 aromatic rings. The lowest BCUT2D eigenvalue weighted by Gasteiger charge is -2.23. The highest BCUT2D eigenvalue weighted by molar-refractivity contribution is 5.84. The number of nitrogens with zero attached hydrogens (tertiary/aromatic N) is 2. The van der Waals surface area contributed by atoms with Gasteiger partial charge in [0.25, 0.3) is 0 Å². The second-order valence-electron chi connectivity index (χ2n) is 9.41. The third-order valence-corrected chi connectivity index (χ3v) is 5.40. The summed E-state index contributed by atoms with van der Waals surface area (Å²) in [6, 6.07) is 5.48. The molecule has 31 heavy (non-hydrogen) atoms. The Kier molecular flexibility index (Phi) is 9.95. The van der Waals surface area contributed by atoms with Crippen LogP contribution in [0.5, 0.6) is 0 Å². The van der Waals surface area contributed by atoms with E-state index in [1.165, 1.54) is 32.1 Å². The molecule has 1 aliphatic rings. The lowest BCUT2D eigenvalue weighted by Crippen LogP contribution is -2.28. The zero-order chi connectivity index (χ0) is 22.7. The summed E-state index contributed by atoms with van der Waals surface area (Å²) in [6.07, 6.45) is 10.9. The molecular formula is C24H37N3O4. The number of nitrogens with two attached hydrogens (primary N) is 1. The average molecular weight is 432 g/mol. The minimum Gasteiger partial charge on any atom is -0.460 e. The molecule has 0 unspecified atom stereocenters. The lowest BCUT2D eigenvalue weighted by molar-refractivity contribution is -0.161. The first kappa shape index (κ1) is 24.8. The van der Waals surface area contributed by atoms with Gasteiger partial charge in [0, 0.05) is 11.9 Å². The van der Waals surface area contributed by atoms with Crippen LogP contribution in [0.25, 0.3) is 0 Å². The van der Waals surface area contributed by atoms with Crippen LogP contribution in [-0.4, -0.2) is 28.4 Å². The van der Waals surface area contributed by atoms with Gasteiger partial charge in [-0.15, -0.1) is 0 Å². The molecule has 7 heteroatoms. The summed E-state index contributed by atoms with van der Waals surface area (Å²) in [7, 11) is 0. The third kappa shape index (κ3) is 10.4. The zero-order valence-electron chi connectivity index (χ0n) is 19.1. The first-order chi connectivity index (χ1) is 14.7. The van der Waals surface area contributed by atoms with E-state index in [4.69, 9.17) is 15.3 Å². The molecule has 1 heterocycles. The lowest BCUT2D eigenvalue weighted by atomic mass is 9.84.